The van der Waals surface area contributed by atoms with Crippen molar-refractivity contribution in [2.75, 3.05) is 0 Å². The van der Waals surface area contributed by atoms with Crippen molar-refractivity contribution in [3.63, 3.8) is 0 Å². The number of rotatable bonds is 1. The van der Waals surface area contributed by atoms with E-state index >= 15 is 0 Å². The summed E-state index contributed by atoms with van der Waals surface area (Å²) < 4.78 is 6.14. The molecule has 1 heterocycles. The highest BCUT2D eigenvalue weighted by molar-refractivity contribution is 5.96. The van der Waals surface area contributed by atoms with Crippen molar-refractivity contribution in [1.82, 2.24) is 0 Å². The molecule has 3 aromatic rings. The van der Waals surface area contributed by atoms with Gasteiger partial charge in [0, 0.05) is 10.9 Å². The molecule has 22 heavy (non-hydrogen) atoms. The fraction of sp³-hybridized carbons (Fsp3) is 0.238. The van der Waals surface area contributed by atoms with Gasteiger partial charge in [-0.15, -0.1) is 0 Å². The molecule has 1 heteroatoms. The highest BCUT2D eigenvalue weighted by atomic mass is 16.5. The number of hydrogen-bond acceptors (Lipinski definition) is 1. The lowest BCUT2D eigenvalue weighted by Crippen LogP contribution is -2.07. The molecular formula is C21H20O. The van der Waals surface area contributed by atoms with Gasteiger partial charge in [-0.1, -0.05) is 67.9 Å². The van der Waals surface area contributed by atoms with E-state index in [4.69, 9.17) is 4.74 Å². The Morgan fingerprint density at radius 1 is 0.909 bits per heavy atom. The van der Waals surface area contributed by atoms with Crippen molar-refractivity contribution in [3.05, 3.63) is 65.2 Å². The lowest BCUT2D eigenvalue weighted by Gasteiger charge is -2.23. The maximum atomic E-state index is 6.14. The number of fused-ring (bicyclic) bond motifs is 5. The van der Waals surface area contributed by atoms with Crippen LogP contribution in [0.4, 0.5) is 0 Å². The van der Waals surface area contributed by atoms with Gasteiger partial charge >= 0.3 is 0 Å². The van der Waals surface area contributed by atoms with E-state index in [0.717, 1.165) is 5.75 Å². The topological polar surface area (TPSA) is 9.23 Å². The van der Waals surface area contributed by atoms with Gasteiger partial charge in [0.15, 0.2) is 0 Å². The van der Waals surface area contributed by atoms with E-state index in [1.807, 2.05) is 0 Å². The summed E-state index contributed by atoms with van der Waals surface area (Å²) in [5.74, 6) is 1.58. The van der Waals surface area contributed by atoms with Crippen LogP contribution in [0.25, 0.3) is 21.9 Å². The van der Waals surface area contributed by atoms with Crippen molar-refractivity contribution in [1.29, 1.82) is 0 Å². The second kappa shape index (κ2) is 4.88. The third kappa shape index (κ3) is 2.00. The first-order valence-corrected chi connectivity index (χ1v) is 7.93. The van der Waals surface area contributed by atoms with Crippen LogP contribution < -0.4 is 4.74 Å². The summed E-state index contributed by atoms with van der Waals surface area (Å²) in [4.78, 5) is 0. The summed E-state index contributed by atoms with van der Waals surface area (Å²) in [6.07, 6.45) is 0. The van der Waals surface area contributed by atoms with E-state index in [9.17, 15) is 0 Å². The molecule has 0 saturated carbocycles. The Morgan fingerprint density at radius 2 is 1.73 bits per heavy atom. The molecule has 0 aliphatic carbocycles. The lowest BCUT2D eigenvalue weighted by atomic mass is 9.90. The van der Waals surface area contributed by atoms with E-state index in [1.54, 1.807) is 0 Å². The smallest absolute Gasteiger partial charge is 0.135 e. The molecule has 0 fully saturated rings. The minimum absolute atomic E-state index is 0.547. The van der Waals surface area contributed by atoms with Crippen LogP contribution in [-0.4, -0.2) is 0 Å². The summed E-state index contributed by atoms with van der Waals surface area (Å²) in [6.45, 7) is 7.25. The van der Waals surface area contributed by atoms with E-state index in [0.29, 0.717) is 12.5 Å². The summed E-state index contributed by atoms with van der Waals surface area (Å²) in [7, 11) is 0. The van der Waals surface area contributed by atoms with Crippen molar-refractivity contribution in [2.45, 2.75) is 33.3 Å². The average molecular weight is 288 g/mol. The van der Waals surface area contributed by atoms with Gasteiger partial charge in [-0.05, 0) is 34.9 Å². The maximum absolute atomic E-state index is 6.14. The number of benzene rings is 3. The molecule has 0 N–H and O–H groups in total. The monoisotopic (exact) mass is 288 g/mol. The maximum Gasteiger partial charge on any atom is 0.135 e. The van der Waals surface area contributed by atoms with Gasteiger partial charge in [0.25, 0.3) is 0 Å². The fourth-order valence-corrected chi connectivity index (χ4v) is 3.29. The normalized spacial score (nSPS) is 12.9. The van der Waals surface area contributed by atoms with Gasteiger partial charge in [-0.25, -0.2) is 0 Å². The van der Waals surface area contributed by atoms with E-state index in [1.165, 1.54) is 38.6 Å². The van der Waals surface area contributed by atoms with Crippen LogP contribution in [0, 0.1) is 6.92 Å². The highest BCUT2D eigenvalue weighted by Gasteiger charge is 2.20. The first-order chi connectivity index (χ1) is 10.6. The Hall–Kier alpha value is -2.28. The van der Waals surface area contributed by atoms with Crippen molar-refractivity contribution < 1.29 is 4.74 Å². The molecule has 1 nitrogen and oxygen atoms in total. The van der Waals surface area contributed by atoms with Crippen LogP contribution in [0.5, 0.6) is 5.75 Å². The SMILES string of the molecule is Cc1ccc2c3c(ccc2c1)-c1ccc(C(C)C)cc1CO3. The molecule has 0 radical (unpaired) electrons. The highest BCUT2D eigenvalue weighted by Crippen LogP contribution is 2.42. The zero-order chi connectivity index (χ0) is 15.3. The molecule has 4 rings (SSSR count). The quantitative estimate of drug-likeness (QED) is 0.547. The van der Waals surface area contributed by atoms with Crippen LogP contribution in [0.1, 0.15) is 36.5 Å². The zero-order valence-corrected chi connectivity index (χ0v) is 13.3. The molecule has 0 aromatic heterocycles. The first-order valence-electron chi connectivity index (χ1n) is 7.93. The largest absolute Gasteiger partial charge is 0.488 e. The summed E-state index contributed by atoms with van der Waals surface area (Å²) >= 11 is 0. The third-order valence-corrected chi connectivity index (χ3v) is 4.58. The van der Waals surface area contributed by atoms with Crippen LogP contribution in [0.15, 0.2) is 48.5 Å². The molecule has 1 aliphatic heterocycles. The van der Waals surface area contributed by atoms with Gasteiger partial charge in [-0.3, -0.25) is 0 Å². The van der Waals surface area contributed by atoms with Crippen LogP contribution in [-0.2, 0) is 6.61 Å². The number of hydrogen-bond donors (Lipinski definition) is 0. The van der Waals surface area contributed by atoms with Crippen molar-refractivity contribution in [2.24, 2.45) is 0 Å². The Balaban J connectivity index is 1.93. The Morgan fingerprint density at radius 3 is 2.55 bits per heavy atom. The third-order valence-electron chi connectivity index (χ3n) is 4.58. The molecule has 0 amide bonds. The van der Waals surface area contributed by atoms with E-state index < -0.39 is 0 Å². The van der Waals surface area contributed by atoms with Gasteiger partial charge in [0.05, 0.1) is 0 Å². The first kappa shape index (κ1) is 13.4. The molecular weight excluding hydrogens is 268 g/mol. The molecule has 110 valence electrons. The van der Waals surface area contributed by atoms with E-state index in [2.05, 4.69) is 69.3 Å². The Labute approximate surface area is 131 Å². The molecule has 0 bridgehead atoms. The van der Waals surface area contributed by atoms with Crippen LogP contribution >= 0.6 is 0 Å². The van der Waals surface area contributed by atoms with Gasteiger partial charge in [-0.2, -0.15) is 0 Å². The second-order valence-electron chi connectivity index (χ2n) is 6.53. The van der Waals surface area contributed by atoms with Crippen molar-refractivity contribution >= 4 is 10.8 Å². The van der Waals surface area contributed by atoms with Crippen LogP contribution in [0.2, 0.25) is 0 Å². The van der Waals surface area contributed by atoms with Crippen LogP contribution in [0.3, 0.4) is 0 Å². The van der Waals surface area contributed by atoms with Gasteiger partial charge < -0.3 is 4.74 Å². The predicted molar refractivity (Wildman–Crippen MR) is 92.5 cm³/mol. The summed E-state index contributed by atoms with van der Waals surface area (Å²) in [6, 6.07) is 17.8. The Kier molecular flexibility index (Phi) is 2.97. The molecule has 1 aliphatic rings. The molecule has 0 unspecified atom stereocenters. The van der Waals surface area contributed by atoms with E-state index in [-0.39, 0.29) is 0 Å². The standard InChI is InChI=1S/C21H20O/c1-13(2)15-5-8-18-17(11-15)12-22-21-19-7-4-14(3)10-16(19)6-9-20(18)21/h4-11,13H,12H2,1-3H3. The lowest BCUT2D eigenvalue weighted by molar-refractivity contribution is 0.306. The average Bonchev–Trinajstić information content (AvgIpc) is 2.53. The molecule has 3 aromatic carbocycles. The summed E-state index contributed by atoms with van der Waals surface area (Å²) in [5, 5.41) is 2.46. The zero-order valence-electron chi connectivity index (χ0n) is 13.3. The molecule has 0 atom stereocenters. The van der Waals surface area contributed by atoms with Gasteiger partial charge in [0.2, 0.25) is 0 Å². The molecule has 0 spiro atoms. The Bertz CT molecular complexity index is 874. The minimum Gasteiger partial charge on any atom is -0.488 e. The summed E-state index contributed by atoms with van der Waals surface area (Å²) in [5.41, 5.74) is 6.48. The predicted octanol–water partition coefficient (Wildman–Crippen LogP) is 5.83. The molecule has 0 saturated heterocycles. The fourth-order valence-electron chi connectivity index (χ4n) is 3.29. The number of aryl methyl sites for hydroxylation is 1. The van der Waals surface area contributed by atoms with Crippen molar-refractivity contribution in [3.8, 4) is 16.9 Å². The number of ether oxygens (including phenoxy) is 1. The second-order valence-corrected chi connectivity index (χ2v) is 6.53. The minimum atomic E-state index is 0.547. The van der Waals surface area contributed by atoms with Gasteiger partial charge in [0.1, 0.15) is 12.4 Å².